The third kappa shape index (κ3) is 18.5. The fourth-order valence-electron chi connectivity index (χ4n) is 15.3. The number of rotatable bonds is 12. The van der Waals surface area contributed by atoms with Crippen LogP contribution in [0.1, 0.15) is 183 Å². The highest BCUT2D eigenvalue weighted by Gasteiger charge is 2.26. The van der Waals surface area contributed by atoms with Gasteiger partial charge in [0.2, 0.25) is 22.8 Å². The van der Waals surface area contributed by atoms with Crippen molar-refractivity contribution >= 4 is 0 Å². The van der Waals surface area contributed by atoms with Gasteiger partial charge in [-0.05, 0) is 347 Å². The molecule has 4 heterocycles. The highest BCUT2D eigenvalue weighted by atomic mass is 14.9. The lowest BCUT2D eigenvalue weighted by molar-refractivity contribution is -0.660. The molecule has 606 valence electrons. The third-order valence-electron chi connectivity index (χ3n) is 21.6. The topological polar surface area (TPSA) is 15.5 Å². The smallest absolute Gasteiger partial charge is 0.201 e. The summed E-state index contributed by atoms with van der Waals surface area (Å²) in [6.45, 7) is -32.6. The minimum Gasteiger partial charge on any atom is -0.201 e. The molecule has 4 aromatic heterocycles. The van der Waals surface area contributed by atoms with E-state index in [9.17, 15) is 0 Å². The Morgan fingerprint density at radius 3 is 0.719 bits per heavy atom. The van der Waals surface area contributed by atoms with Crippen molar-refractivity contribution in [1.82, 2.24) is 0 Å². The second-order valence-electron chi connectivity index (χ2n) is 30.1. The van der Waals surface area contributed by atoms with Crippen LogP contribution in [0.2, 0.25) is 0 Å². The van der Waals surface area contributed by atoms with Crippen LogP contribution >= 0.6 is 0 Å². The Bertz CT molecular complexity index is 8420. The van der Waals surface area contributed by atoms with Gasteiger partial charge in [-0.3, -0.25) is 0 Å². The predicted octanol–water partition coefficient (Wildman–Crippen LogP) is 28.5. The summed E-state index contributed by atoms with van der Waals surface area (Å²) in [5, 5.41) is 0. The van der Waals surface area contributed by atoms with E-state index < -0.39 is 110 Å². The van der Waals surface area contributed by atoms with Crippen LogP contribution in [0, 0.1) is 144 Å². The summed E-state index contributed by atoms with van der Waals surface area (Å²) in [5.41, 5.74) is 9.78. The molecular formula is C117H122N4+4. The van der Waals surface area contributed by atoms with E-state index in [2.05, 4.69) is 0 Å². The van der Waals surface area contributed by atoms with Crippen molar-refractivity contribution in [3.63, 3.8) is 0 Å². The number of pyridine rings is 4. The van der Waals surface area contributed by atoms with Crippen LogP contribution < -0.4 is 18.3 Å². The summed E-state index contributed by atoms with van der Waals surface area (Å²) >= 11 is 0. The van der Waals surface area contributed by atoms with Gasteiger partial charge < -0.3 is 0 Å². The molecular weight excluding hydrogens is 1460 g/mol. The van der Waals surface area contributed by atoms with Crippen LogP contribution in [0.15, 0.2) is 286 Å². The first-order valence-electron chi connectivity index (χ1n) is 62.8. The van der Waals surface area contributed by atoms with Gasteiger partial charge in [0.15, 0.2) is 24.8 Å². The molecule has 0 aliphatic heterocycles. The number of nitrogens with zero attached hydrogens (tertiary/aromatic N) is 4. The molecule has 0 fully saturated rings. The van der Waals surface area contributed by atoms with E-state index in [0.717, 1.165) is 5.56 Å². The van der Waals surface area contributed by atoms with E-state index in [1.807, 2.05) is 30.3 Å². The molecule has 0 saturated heterocycles. The molecule has 12 aromatic carbocycles. The zero-order valence-corrected chi connectivity index (χ0v) is 68.4. The number of aromatic nitrogens is 4. The maximum Gasteiger partial charge on any atom is 0.213 e. The molecule has 0 saturated carbocycles. The standard InChI is InChI=1S/2C30H32N.C29H30N.C28H28N/c1-19-11-8-9-14-25(19)26-16-27(23(5)15-22(26)4)29-17-28(24(6)18-31(29)7)30-20(2)12-10-13-21(30)3;1-19-12-13-26(21(3)14-19)28-17-30(31(7)18-24(28)6)29-16-27(22(4)15-23(29)5)25-11-9-8-10-20(25)2;1-19-11-7-9-13-24(19)26-16-28(22(4)15-21(26)3)29-17-27(23(5)18-30(29)6)25-14-10-8-12-20(25)2;1-19-11-9-10-14-24(19)26-16-27(21(3)15-20(26)2)28-17-25(22(4)18-29(28)5)23-12-7-6-8-13-23/h2*8-18H,1-7H3;7-18H,1-6H3;6-18H,1-5H3/q4*+1/i1D3,2D3,3D3,4D3,6D3;2D3,3D3,4D3,6D3;1D3,2D3,3D3,5D3;1D3,2D3,4D3. The van der Waals surface area contributed by atoms with Crippen molar-refractivity contribution in [2.45, 2.75) is 144 Å². The van der Waals surface area contributed by atoms with E-state index in [1.54, 1.807) is 222 Å². The van der Waals surface area contributed by atoms with E-state index >= 15 is 0 Å². The van der Waals surface area contributed by atoms with E-state index in [0.29, 0.717) is 89.5 Å². The van der Waals surface area contributed by atoms with Crippen molar-refractivity contribution in [3.8, 4) is 134 Å². The molecule has 0 aliphatic carbocycles. The van der Waals surface area contributed by atoms with Gasteiger partial charge in [0.05, 0.1) is 0 Å². The average molecular weight is 1630 g/mol. The molecule has 0 atom stereocenters. The first-order valence-corrected chi connectivity index (χ1v) is 38.8. The molecule has 16 rings (SSSR count). The first-order chi connectivity index (χ1) is 77.2. The SMILES string of the molecule is [2H]C([2H])([2H])c1c[n+](C)c(-c2cc(-c3ccccc3C([2H])([2H])[2H])c(C([2H])([2H])[2H])cc2C)cc1-c1ccccc1.[2H]C([2H])([2H])c1ccccc1-c1cc(-c2cc(-c3c(C([2H])([2H])[2H])cccc3C([2H])([2H])[2H])c(C([2H])([2H])[2H])c[n+]2C)c(C)cc1C([2H])([2H])[2H].[2H]C([2H])([2H])c1ccccc1-c1cc(-c2cc(-c3ccc(C)cc3C([2H])([2H])[2H])c(C([2H])([2H])[2H])c[n+]2C)c(C)cc1C([2H])([2H])[2H].[2H]C([2H])([2H])c1ccccc1-c1cc(-c2cc(-c3ccccc3C([2H])([2H])[2H])c(C([2H])([2H])[2H])c[n+]2C)c(C)cc1C([2H])([2H])[2H]. The molecule has 121 heavy (non-hydrogen) atoms. The molecule has 16 aromatic rings. The van der Waals surface area contributed by atoms with Gasteiger partial charge in [-0.15, -0.1) is 0 Å². The second-order valence-corrected chi connectivity index (χ2v) is 30.1. The molecule has 4 heteroatoms. The van der Waals surface area contributed by atoms with Gasteiger partial charge in [0.1, 0.15) is 28.2 Å². The summed E-state index contributed by atoms with van der Waals surface area (Å²) in [6.07, 6.45) is 5.73. The van der Waals surface area contributed by atoms with Crippen molar-refractivity contribution in [3.05, 3.63) is 402 Å². The molecule has 0 amide bonds. The van der Waals surface area contributed by atoms with Crippen LogP contribution in [-0.2, 0) is 28.2 Å². The Morgan fingerprint density at radius 1 is 0.165 bits per heavy atom. The normalized spacial score (nSPS) is 18.6. The summed E-state index contributed by atoms with van der Waals surface area (Å²) < 4.78 is 397. The van der Waals surface area contributed by atoms with Crippen LogP contribution in [0.4, 0.5) is 0 Å². The zero-order valence-electron chi connectivity index (χ0n) is 116. The maximum atomic E-state index is 8.28. The van der Waals surface area contributed by atoms with Gasteiger partial charge in [-0.1, -0.05) is 218 Å². The second kappa shape index (κ2) is 36.8. The van der Waals surface area contributed by atoms with E-state index in [1.165, 1.54) is 114 Å². The Hall–Kier alpha value is -12.8. The third-order valence-corrected chi connectivity index (χ3v) is 21.6. The molecule has 0 N–H and O–H groups in total. The number of benzene rings is 12. The lowest BCUT2D eigenvalue weighted by atomic mass is 9.89. The van der Waals surface area contributed by atoms with E-state index in [4.69, 9.17) is 65.8 Å². The predicted molar refractivity (Wildman–Crippen MR) is 515 cm³/mol. The fraction of sp³-hybridized carbons (Fsp3) is 0.214. The van der Waals surface area contributed by atoms with Crippen molar-refractivity contribution in [1.29, 1.82) is 0 Å². The Morgan fingerprint density at radius 2 is 0.405 bits per heavy atom. The lowest BCUT2D eigenvalue weighted by Crippen LogP contribution is -2.31. The van der Waals surface area contributed by atoms with Crippen LogP contribution in [0.5, 0.6) is 0 Å². The Kier molecular flexibility index (Phi) is 13.4. The van der Waals surface area contributed by atoms with Crippen LogP contribution in [0.3, 0.4) is 0 Å². The Labute approximate surface area is 791 Å². The van der Waals surface area contributed by atoms with Crippen LogP contribution in [-0.4, -0.2) is 0 Å². The quantitative estimate of drug-likeness (QED) is 0.108. The molecule has 0 aliphatic rings. The summed E-state index contributed by atoms with van der Waals surface area (Å²) in [6, 6.07) is 67.9. The van der Waals surface area contributed by atoms with Gasteiger partial charge in [0.25, 0.3) is 0 Å². The highest BCUT2D eigenvalue weighted by molar-refractivity contribution is 5.86. The largest absolute Gasteiger partial charge is 0.213 e. The van der Waals surface area contributed by atoms with Crippen molar-refractivity contribution in [2.24, 2.45) is 28.2 Å². The van der Waals surface area contributed by atoms with Crippen molar-refractivity contribution < 1.29 is 84.1 Å². The molecule has 0 radical (unpaired) electrons. The number of aryl methyl sites for hydroxylation is 25. The summed E-state index contributed by atoms with van der Waals surface area (Å²) in [4.78, 5) is 0. The maximum absolute atomic E-state index is 8.28. The summed E-state index contributed by atoms with van der Waals surface area (Å²) in [5.74, 6) is 0. The minimum absolute atomic E-state index is 0.0000846. The number of hydrogen-bond acceptors (Lipinski definition) is 0. The molecule has 0 bridgehead atoms. The highest BCUT2D eigenvalue weighted by Crippen LogP contribution is 2.42. The lowest BCUT2D eigenvalue weighted by Gasteiger charge is -2.16. The first kappa shape index (κ1) is 44.0. The van der Waals surface area contributed by atoms with Gasteiger partial charge >= 0.3 is 0 Å². The Balaban J connectivity index is 0.000000185. The van der Waals surface area contributed by atoms with Crippen LogP contribution in [0.25, 0.3) is 134 Å². The molecule has 4 nitrogen and oxygen atoms in total. The number of hydrogen-bond donors (Lipinski definition) is 0. The molecule has 0 spiro atoms. The zero-order chi connectivity index (χ0) is 127. The monoisotopic (exact) mass is 1630 g/mol. The molecule has 0 unspecified atom stereocenters. The summed E-state index contributed by atoms with van der Waals surface area (Å²) in [7, 11) is 6.60. The van der Waals surface area contributed by atoms with Crippen molar-refractivity contribution in [2.75, 3.05) is 0 Å². The minimum atomic E-state index is -2.80. The van der Waals surface area contributed by atoms with Gasteiger partial charge in [-0.25, -0.2) is 18.3 Å². The van der Waals surface area contributed by atoms with Gasteiger partial charge in [-0.2, -0.15) is 0 Å². The van der Waals surface area contributed by atoms with Gasteiger partial charge in [0, 0.05) is 135 Å². The fourth-order valence-corrected chi connectivity index (χ4v) is 15.3. The van der Waals surface area contributed by atoms with E-state index in [-0.39, 0.29) is 156 Å². The average Bonchev–Trinajstić information content (AvgIpc) is 0.734.